The van der Waals surface area contributed by atoms with Crippen molar-refractivity contribution in [3.63, 3.8) is 0 Å². The molecule has 2 aliphatic heterocycles. The number of amides is 2. The smallest absolute Gasteiger partial charge is 0.419 e. The summed E-state index contributed by atoms with van der Waals surface area (Å²) in [7, 11) is 0. The Labute approximate surface area is 192 Å². The molecular weight excluding hydrogens is 456 g/mol. The number of aromatic nitrogens is 2. The largest absolute Gasteiger partial charge is 0.471 e. The highest BCUT2D eigenvalue weighted by molar-refractivity contribution is 5.95. The Morgan fingerprint density at radius 1 is 1.12 bits per heavy atom. The van der Waals surface area contributed by atoms with Crippen molar-refractivity contribution < 1.29 is 31.9 Å². The van der Waals surface area contributed by atoms with E-state index in [0.717, 1.165) is 24.6 Å². The molecule has 2 atom stereocenters. The molecule has 2 saturated heterocycles. The number of hydrogen-bond acceptors (Lipinski definition) is 5. The summed E-state index contributed by atoms with van der Waals surface area (Å²) in [6, 6.07) is 1.80. The molecule has 3 heterocycles. The summed E-state index contributed by atoms with van der Waals surface area (Å²) >= 11 is 0. The van der Waals surface area contributed by atoms with Crippen LogP contribution in [0.5, 0.6) is 5.88 Å². The van der Waals surface area contributed by atoms with Crippen molar-refractivity contribution in [2.24, 2.45) is 0 Å². The molecule has 180 valence electrons. The third kappa shape index (κ3) is 4.55. The van der Waals surface area contributed by atoms with E-state index >= 15 is 0 Å². The van der Waals surface area contributed by atoms with Crippen LogP contribution in [-0.2, 0) is 11.0 Å². The van der Waals surface area contributed by atoms with Gasteiger partial charge in [0.25, 0.3) is 5.91 Å². The van der Waals surface area contributed by atoms with Crippen molar-refractivity contribution >= 4 is 11.8 Å². The summed E-state index contributed by atoms with van der Waals surface area (Å²) in [5.41, 5.74) is -0.676. The lowest BCUT2D eigenvalue weighted by Crippen LogP contribution is -2.40. The first-order chi connectivity index (χ1) is 16.2. The van der Waals surface area contributed by atoms with Gasteiger partial charge in [0.2, 0.25) is 11.8 Å². The van der Waals surface area contributed by atoms with Gasteiger partial charge in [-0.1, -0.05) is 0 Å². The second kappa shape index (κ2) is 8.52. The van der Waals surface area contributed by atoms with E-state index in [0.29, 0.717) is 36.9 Å². The molecule has 3 fully saturated rings. The number of hydrogen-bond donors (Lipinski definition) is 0. The van der Waals surface area contributed by atoms with E-state index in [1.165, 1.54) is 4.90 Å². The third-order valence-electron chi connectivity index (χ3n) is 6.46. The second-order valence-electron chi connectivity index (χ2n) is 8.92. The van der Waals surface area contributed by atoms with Crippen LogP contribution in [-0.4, -0.2) is 63.4 Å². The molecule has 0 bridgehead atoms. The lowest BCUT2D eigenvalue weighted by atomic mass is 10.1. The van der Waals surface area contributed by atoms with E-state index in [4.69, 9.17) is 4.74 Å². The molecule has 11 heteroatoms. The molecule has 5 rings (SSSR count). The molecule has 34 heavy (non-hydrogen) atoms. The predicted octanol–water partition coefficient (Wildman–Crippen LogP) is 3.41. The van der Waals surface area contributed by atoms with Crippen LogP contribution in [0, 0.1) is 5.82 Å². The molecule has 7 nitrogen and oxygen atoms in total. The van der Waals surface area contributed by atoms with Crippen molar-refractivity contribution in [1.29, 1.82) is 0 Å². The number of carbonyl (C=O) groups excluding carboxylic acids is 2. The van der Waals surface area contributed by atoms with Crippen LogP contribution in [0.3, 0.4) is 0 Å². The van der Waals surface area contributed by atoms with Crippen molar-refractivity contribution in [3.8, 4) is 5.88 Å². The highest BCUT2D eigenvalue weighted by atomic mass is 19.4. The van der Waals surface area contributed by atoms with E-state index < -0.39 is 23.5 Å². The van der Waals surface area contributed by atoms with E-state index in [1.807, 2.05) is 0 Å². The normalized spacial score (nSPS) is 23.0. The number of rotatable bonds is 4. The number of fused-ring (bicyclic) bond motifs is 1. The maximum atomic E-state index is 14.0. The van der Waals surface area contributed by atoms with Crippen molar-refractivity contribution in [2.75, 3.05) is 19.6 Å². The lowest BCUT2D eigenvalue weighted by molar-refractivity contribution is -0.140. The SMILES string of the molecule is O=C(c1ccc(C(F)(F)F)c(F)c1)N1CCC(=O)N2C[C@H](Oc3cnc(C4CC4)cn3)C[C@@H]2C1. The summed E-state index contributed by atoms with van der Waals surface area (Å²) < 4.78 is 58.4. The van der Waals surface area contributed by atoms with E-state index in [-0.39, 0.29) is 43.1 Å². The number of alkyl halides is 3. The zero-order valence-electron chi connectivity index (χ0n) is 18.1. The fraction of sp³-hybridized carbons (Fsp3) is 0.478. The molecule has 1 aromatic heterocycles. The Hall–Kier alpha value is -3.24. The first kappa shape index (κ1) is 22.5. The van der Waals surface area contributed by atoms with Gasteiger partial charge in [0.15, 0.2) is 0 Å². The summed E-state index contributed by atoms with van der Waals surface area (Å²) in [5.74, 6) is -1.42. The molecule has 1 aromatic carbocycles. The van der Waals surface area contributed by atoms with Gasteiger partial charge >= 0.3 is 6.18 Å². The van der Waals surface area contributed by atoms with Crippen LogP contribution in [0.2, 0.25) is 0 Å². The molecule has 0 N–H and O–H groups in total. The zero-order valence-corrected chi connectivity index (χ0v) is 18.1. The average Bonchev–Trinajstić information content (AvgIpc) is 3.58. The average molecular weight is 478 g/mol. The maximum absolute atomic E-state index is 14.0. The number of ether oxygens (including phenoxy) is 1. The van der Waals surface area contributed by atoms with Gasteiger partial charge in [-0.2, -0.15) is 13.2 Å². The Morgan fingerprint density at radius 3 is 2.56 bits per heavy atom. The number of halogens is 4. The van der Waals surface area contributed by atoms with Crippen LogP contribution in [0.15, 0.2) is 30.6 Å². The fourth-order valence-electron chi connectivity index (χ4n) is 4.55. The Bertz CT molecular complexity index is 1100. The Kier molecular flexibility index (Phi) is 5.65. The molecular formula is C23H22F4N4O3. The van der Waals surface area contributed by atoms with Crippen LogP contribution in [0.25, 0.3) is 0 Å². The van der Waals surface area contributed by atoms with Crippen molar-refractivity contribution in [2.45, 2.75) is 49.9 Å². The number of benzene rings is 1. The topological polar surface area (TPSA) is 75.6 Å². The summed E-state index contributed by atoms with van der Waals surface area (Å²) in [5, 5.41) is 0. The highest BCUT2D eigenvalue weighted by Crippen LogP contribution is 2.38. The minimum absolute atomic E-state index is 0.0635. The zero-order chi connectivity index (χ0) is 24.0. The summed E-state index contributed by atoms with van der Waals surface area (Å²) in [6.07, 6.45) is 0.867. The van der Waals surface area contributed by atoms with Gasteiger partial charge in [-0.05, 0) is 31.0 Å². The first-order valence-electron chi connectivity index (χ1n) is 11.1. The Morgan fingerprint density at radius 2 is 1.91 bits per heavy atom. The van der Waals surface area contributed by atoms with E-state index in [9.17, 15) is 27.2 Å². The highest BCUT2D eigenvalue weighted by Gasteiger charge is 2.41. The summed E-state index contributed by atoms with van der Waals surface area (Å²) in [6.45, 7) is 0.624. The molecule has 2 aromatic rings. The molecule has 1 aliphatic carbocycles. The van der Waals surface area contributed by atoms with Gasteiger partial charge in [0.05, 0.1) is 36.2 Å². The minimum atomic E-state index is -4.84. The van der Waals surface area contributed by atoms with Crippen LogP contribution in [0.4, 0.5) is 17.6 Å². The van der Waals surface area contributed by atoms with E-state index in [2.05, 4.69) is 9.97 Å². The first-order valence-corrected chi connectivity index (χ1v) is 11.1. The van der Waals surface area contributed by atoms with Crippen LogP contribution >= 0.6 is 0 Å². The number of nitrogens with zero attached hydrogens (tertiary/aromatic N) is 4. The Balaban J connectivity index is 1.26. The molecule has 1 saturated carbocycles. The fourth-order valence-corrected chi connectivity index (χ4v) is 4.55. The van der Waals surface area contributed by atoms with Crippen LogP contribution in [0.1, 0.15) is 53.2 Å². The molecule has 0 radical (unpaired) electrons. The quantitative estimate of drug-likeness (QED) is 0.630. The molecule has 2 amide bonds. The number of carbonyl (C=O) groups is 2. The molecule has 0 unspecified atom stereocenters. The summed E-state index contributed by atoms with van der Waals surface area (Å²) in [4.78, 5) is 37.3. The van der Waals surface area contributed by atoms with Gasteiger partial charge in [0, 0.05) is 37.4 Å². The van der Waals surface area contributed by atoms with Gasteiger partial charge in [0.1, 0.15) is 11.9 Å². The van der Waals surface area contributed by atoms with Crippen molar-refractivity contribution in [3.05, 3.63) is 53.2 Å². The standard InChI is InChI=1S/C23H22F4N4O3/c24-18-7-14(3-4-17(18)23(25,26)27)22(33)30-6-5-21(32)31-12-16(8-15(31)11-30)34-20-10-28-19(9-29-20)13-1-2-13/h3-4,7,9-10,13,15-16H,1-2,5-6,8,11-12H2/t15-,16-/m1/s1. The van der Waals surface area contributed by atoms with E-state index in [1.54, 1.807) is 17.3 Å². The lowest BCUT2D eigenvalue weighted by Gasteiger charge is -2.25. The van der Waals surface area contributed by atoms with Crippen LogP contribution < -0.4 is 4.74 Å². The molecule has 0 spiro atoms. The second-order valence-corrected chi connectivity index (χ2v) is 8.92. The van der Waals surface area contributed by atoms with Crippen molar-refractivity contribution in [1.82, 2.24) is 19.8 Å². The van der Waals surface area contributed by atoms with Gasteiger partial charge < -0.3 is 14.5 Å². The van der Waals surface area contributed by atoms with Gasteiger partial charge in [-0.15, -0.1) is 0 Å². The monoisotopic (exact) mass is 478 g/mol. The third-order valence-corrected chi connectivity index (χ3v) is 6.46. The maximum Gasteiger partial charge on any atom is 0.419 e. The minimum Gasteiger partial charge on any atom is -0.471 e. The predicted molar refractivity (Wildman–Crippen MR) is 110 cm³/mol. The molecule has 3 aliphatic rings. The van der Waals surface area contributed by atoms with Gasteiger partial charge in [-0.25, -0.2) is 9.37 Å². The van der Waals surface area contributed by atoms with Gasteiger partial charge in [-0.3, -0.25) is 14.6 Å².